The molecule has 0 spiro atoms. The van der Waals surface area contributed by atoms with Gasteiger partial charge in [0, 0.05) is 33.6 Å². The fourth-order valence-electron chi connectivity index (χ4n) is 4.55. The summed E-state index contributed by atoms with van der Waals surface area (Å²) in [6, 6.07) is 7.99. The number of carbonyl (C=O) groups excluding carboxylic acids is 1. The maximum atomic E-state index is 13.2. The molecule has 1 fully saturated rings. The summed E-state index contributed by atoms with van der Waals surface area (Å²) in [5.74, 6) is 0.958. The number of piperidine rings is 1. The van der Waals surface area contributed by atoms with Gasteiger partial charge in [0.2, 0.25) is 5.91 Å². The number of carbonyl (C=O) groups is 1. The molecule has 1 aromatic carbocycles. The largest absolute Gasteiger partial charge is 0.332 e. The molecule has 0 bridgehead atoms. The number of imidazole rings is 1. The van der Waals surface area contributed by atoms with Gasteiger partial charge in [0.1, 0.15) is 11.2 Å². The molecule has 1 saturated heterocycles. The summed E-state index contributed by atoms with van der Waals surface area (Å²) >= 11 is 0. The Hall–Kier alpha value is -3.49. The van der Waals surface area contributed by atoms with Crippen LogP contribution in [-0.2, 0) is 25.4 Å². The van der Waals surface area contributed by atoms with Crippen LogP contribution in [0.2, 0.25) is 0 Å². The summed E-state index contributed by atoms with van der Waals surface area (Å²) in [4.78, 5) is 37.0. The van der Waals surface area contributed by atoms with Crippen molar-refractivity contribution in [3.63, 3.8) is 0 Å². The van der Waals surface area contributed by atoms with E-state index in [0.29, 0.717) is 24.1 Å². The zero-order chi connectivity index (χ0) is 21.5. The van der Waals surface area contributed by atoms with Gasteiger partial charge in [-0.15, -0.1) is 0 Å². The van der Waals surface area contributed by atoms with Gasteiger partial charge in [-0.3, -0.25) is 18.8 Å². The lowest BCUT2D eigenvalue weighted by Gasteiger charge is -2.35. The molecule has 0 N–H and O–H groups in total. The van der Waals surface area contributed by atoms with Gasteiger partial charge in [0.25, 0.3) is 5.56 Å². The summed E-state index contributed by atoms with van der Waals surface area (Å²) in [6.07, 6.45) is 6.21. The molecule has 0 saturated carbocycles. The minimum atomic E-state index is -0.170. The average molecular weight is 419 g/mol. The number of likely N-dealkylation sites (tertiary alicyclic amines) is 1. The minimum absolute atomic E-state index is 0.0370. The second kappa shape index (κ2) is 7.64. The van der Waals surface area contributed by atoms with Gasteiger partial charge in [-0.05, 0) is 31.4 Å². The quantitative estimate of drug-likeness (QED) is 0.506. The zero-order valence-corrected chi connectivity index (χ0v) is 17.7. The molecule has 4 heterocycles. The highest BCUT2D eigenvalue weighted by Gasteiger charge is 2.31. The lowest BCUT2D eigenvalue weighted by Crippen LogP contribution is -2.40. The fourth-order valence-corrected chi connectivity index (χ4v) is 4.55. The van der Waals surface area contributed by atoms with E-state index in [2.05, 4.69) is 20.7 Å². The molecule has 9 heteroatoms. The number of aromatic nitrogens is 6. The maximum absolute atomic E-state index is 13.2. The first-order chi connectivity index (χ1) is 15.0. The van der Waals surface area contributed by atoms with Crippen molar-refractivity contribution >= 4 is 28.0 Å². The smallest absolute Gasteiger partial charge is 0.264 e. The molecule has 1 amide bonds. The van der Waals surface area contributed by atoms with Crippen molar-refractivity contribution in [2.45, 2.75) is 38.3 Å². The van der Waals surface area contributed by atoms with Crippen LogP contribution in [0.15, 0.2) is 41.6 Å². The third-order valence-electron chi connectivity index (χ3n) is 6.23. The monoisotopic (exact) mass is 419 g/mol. The summed E-state index contributed by atoms with van der Waals surface area (Å²) in [5, 5.41) is 4.56. The van der Waals surface area contributed by atoms with Crippen LogP contribution >= 0.6 is 0 Å². The Morgan fingerprint density at radius 1 is 1.19 bits per heavy atom. The molecule has 1 unspecified atom stereocenters. The number of hydrogen-bond acceptors (Lipinski definition) is 5. The standard InChI is InChI=1S/C22H25N7O2/c1-26-17-8-4-3-7-16(17)25-21(26)18-9-5-6-11-29(18)19(30)10-12-28-14-23-20-15(22(28)31)13-24-27(20)2/h3-4,7-8,13-14,18H,5-6,9-12H2,1-2H3. The van der Waals surface area contributed by atoms with Gasteiger partial charge >= 0.3 is 0 Å². The van der Waals surface area contributed by atoms with Crippen molar-refractivity contribution in [2.75, 3.05) is 6.54 Å². The molecule has 9 nitrogen and oxygen atoms in total. The molecule has 4 aromatic rings. The third-order valence-corrected chi connectivity index (χ3v) is 6.23. The van der Waals surface area contributed by atoms with Crippen LogP contribution in [0, 0.1) is 0 Å². The number of fused-ring (bicyclic) bond motifs is 2. The van der Waals surface area contributed by atoms with E-state index in [4.69, 9.17) is 4.98 Å². The molecule has 31 heavy (non-hydrogen) atoms. The van der Waals surface area contributed by atoms with Crippen molar-refractivity contribution in [3.8, 4) is 0 Å². The van der Waals surface area contributed by atoms with Gasteiger partial charge in [-0.25, -0.2) is 9.97 Å². The molecule has 1 aliphatic heterocycles. The zero-order valence-electron chi connectivity index (χ0n) is 17.7. The lowest BCUT2D eigenvalue weighted by atomic mass is 10.0. The lowest BCUT2D eigenvalue weighted by molar-refractivity contribution is -0.135. The second-order valence-corrected chi connectivity index (χ2v) is 8.12. The molecule has 160 valence electrons. The molecule has 1 aliphatic rings. The van der Waals surface area contributed by atoms with Crippen molar-refractivity contribution in [1.29, 1.82) is 0 Å². The van der Waals surface area contributed by atoms with Crippen molar-refractivity contribution in [3.05, 3.63) is 53.0 Å². The Balaban J connectivity index is 1.38. The summed E-state index contributed by atoms with van der Waals surface area (Å²) in [6.45, 7) is 1.00. The minimum Gasteiger partial charge on any atom is -0.332 e. The number of aryl methyl sites for hydroxylation is 3. The molecule has 1 atom stereocenters. The van der Waals surface area contributed by atoms with E-state index in [1.807, 2.05) is 30.1 Å². The number of hydrogen-bond donors (Lipinski definition) is 0. The van der Waals surface area contributed by atoms with E-state index in [9.17, 15) is 9.59 Å². The van der Waals surface area contributed by atoms with Gasteiger partial charge < -0.3 is 9.47 Å². The van der Waals surface area contributed by atoms with Crippen molar-refractivity contribution in [1.82, 2.24) is 33.8 Å². The van der Waals surface area contributed by atoms with Crippen LogP contribution in [-0.4, -0.2) is 46.2 Å². The number of rotatable bonds is 4. The van der Waals surface area contributed by atoms with E-state index in [-0.39, 0.29) is 23.9 Å². The summed E-state index contributed by atoms with van der Waals surface area (Å²) in [5.41, 5.74) is 2.39. The van der Waals surface area contributed by atoms with Crippen molar-refractivity contribution < 1.29 is 4.79 Å². The SMILES string of the molecule is Cn1ncc2c(=O)n(CCC(=O)N3CCCCC3c3nc4ccccc4n3C)cnc21. The van der Waals surface area contributed by atoms with Crippen molar-refractivity contribution in [2.24, 2.45) is 14.1 Å². The number of benzene rings is 1. The van der Waals surface area contributed by atoms with E-state index in [1.54, 1.807) is 11.7 Å². The first kappa shape index (κ1) is 19.5. The predicted molar refractivity (Wildman–Crippen MR) is 116 cm³/mol. The molecule has 0 radical (unpaired) electrons. The van der Waals surface area contributed by atoms with E-state index >= 15 is 0 Å². The third kappa shape index (κ3) is 3.30. The maximum Gasteiger partial charge on any atom is 0.264 e. The van der Waals surface area contributed by atoms with Gasteiger partial charge in [-0.1, -0.05) is 12.1 Å². The summed E-state index contributed by atoms with van der Waals surface area (Å²) in [7, 11) is 3.76. The topological polar surface area (TPSA) is 90.8 Å². The number of amides is 1. The van der Waals surface area contributed by atoms with Gasteiger partial charge in [-0.2, -0.15) is 5.10 Å². The molecule has 5 rings (SSSR count). The van der Waals surface area contributed by atoms with Crippen LogP contribution in [0.25, 0.3) is 22.1 Å². The Labute approximate surface area is 178 Å². The van der Waals surface area contributed by atoms with E-state index in [1.165, 1.54) is 17.1 Å². The predicted octanol–water partition coefficient (Wildman–Crippen LogP) is 2.16. The second-order valence-electron chi connectivity index (χ2n) is 8.12. The first-order valence-electron chi connectivity index (χ1n) is 10.6. The van der Waals surface area contributed by atoms with Crippen LogP contribution in [0.4, 0.5) is 0 Å². The Bertz CT molecular complexity index is 1330. The fraction of sp³-hybridized carbons (Fsp3) is 0.409. The van der Waals surface area contributed by atoms with Gasteiger partial charge in [0.05, 0.1) is 29.6 Å². The van der Waals surface area contributed by atoms with Crippen LogP contribution in [0.5, 0.6) is 0 Å². The Morgan fingerprint density at radius 3 is 2.87 bits per heavy atom. The average Bonchev–Trinajstić information content (AvgIpc) is 3.34. The summed E-state index contributed by atoms with van der Waals surface area (Å²) < 4.78 is 5.16. The first-order valence-corrected chi connectivity index (χ1v) is 10.6. The highest BCUT2D eigenvalue weighted by Crippen LogP contribution is 2.32. The van der Waals surface area contributed by atoms with Crippen LogP contribution in [0.1, 0.15) is 37.5 Å². The van der Waals surface area contributed by atoms with E-state index in [0.717, 1.165) is 36.1 Å². The Kier molecular flexibility index (Phi) is 4.80. The normalized spacial score (nSPS) is 17.0. The van der Waals surface area contributed by atoms with Gasteiger partial charge in [0.15, 0.2) is 5.65 Å². The molecule has 0 aliphatic carbocycles. The van der Waals surface area contributed by atoms with Crippen LogP contribution in [0.3, 0.4) is 0 Å². The Morgan fingerprint density at radius 2 is 2.03 bits per heavy atom. The molecule has 3 aromatic heterocycles. The molecular weight excluding hydrogens is 394 g/mol. The molecular formula is C22H25N7O2. The highest BCUT2D eigenvalue weighted by atomic mass is 16.2. The van der Waals surface area contributed by atoms with Crippen LogP contribution < -0.4 is 5.56 Å². The highest BCUT2D eigenvalue weighted by molar-refractivity contribution is 5.78. The number of para-hydroxylation sites is 2. The number of nitrogens with zero attached hydrogens (tertiary/aromatic N) is 7. The van der Waals surface area contributed by atoms with E-state index < -0.39 is 0 Å².